The summed E-state index contributed by atoms with van der Waals surface area (Å²) in [5.74, 6) is -0.401. The van der Waals surface area contributed by atoms with Crippen molar-refractivity contribution in [2.45, 2.75) is 13.5 Å². The van der Waals surface area contributed by atoms with E-state index in [1.807, 2.05) is 25.1 Å². The number of hydrogen-bond acceptors (Lipinski definition) is 6. The zero-order valence-electron chi connectivity index (χ0n) is 14.7. The van der Waals surface area contributed by atoms with Crippen LogP contribution in [0.1, 0.15) is 30.7 Å². The minimum atomic E-state index is -0.291. The molecule has 27 heavy (non-hydrogen) atoms. The first-order valence-corrected chi connectivity index (χ1v) is 10.0. The third-order valence-corrected chi connectivity index (χ3v) is 5.69. The van der Waals surface area contributed by atoms with Gasteiger partial charge in [0.25, 0.3) is 11.8 Å². The highest BCUT2D eigenvalue weighted by atomic mass is 32.1. The normalized spacial score (nSPS) is 11.2. The van der Waals surface area contributed by atoms with Crippen molar-refractivity contribution < 1.29 is 14.7 Å². The van der Waals surface area contributed by atoms with Crippen LogP contribution in [0.5, 0.6) is 0 Å². The van der Waals surface area contributed by atoms with E-state index in [1.54, 1.807) is 17.5 Å². The van der Waals surface area contributed by atoms with Crippen LogP contribution in [0.3, 0.4) is 0 Å². The quantitative estimate of drug-likeness (QED) is 0.531. The minimum absolute atomic E-state index is 0.110. The van der Waals surface area contributed by atoms with E-state index in [0.29, 0.717) is 28.7 Å². The van der Waals surface area contributed by atoms with E-state index in [9.17, 15) is 9.59 Å². The van der Waals surface area contributed by atoms with Gasteiger partial charge in [0, 0.05) is 23.2 Å². The Balaban J connectivity index is 1.43. The maximum atomic E-state index is 12.2. The molecule has 2 amide bonds. The van der Waals surface area contributed by atoms with Crippen LogP contribution in [-0.4, -0.2) is 35.0 Å². The van der Waals surface area contributed by atoms with Gasteiger partial charge in [-0.2, -0.15) is 0 Å². The highest BCUT2D eigenvalue weighted by Gasteiger charge is 2.10. The van der Waals surface area contributed by atoms with Crippen molar-refractivity contribution in [3.05, 3.63) is 62.9 Å². The van der Waals surface area contributed by atoms with E-state index < -0.39 is 0 Å². The first-order valence-electron chi connectivity index (χ1n) is 8.33. The molecular weight excluding hydrogens is 382 g/mol. The molecule has 0 bridgehead atoms. The van der Waals surface area contributed by atoms with Crippen molar-refractivity contribution in [1.82, 2.24) is 15.6 Å². The molecule has 0 atom stereocenters. The summed E-state index contributed by atoms with van der Waals surface area (Å²) < 4.78 is 1.09. The van der Waals surface area contributed by atoms with E-state index >= 15 is 0 Å². The summed E-state index contributed by atoms with van der Waals surface area (Å²) in [6.45, 7) is 2.58. The van der Waals surface area contributed by atoms with E-state index in [2.05, 4.69) is 21.7 Å². The molecule has 0 aliphatic carbocycles. The number of thiophene rings is 1. The molecule has 8 heteroatoms. The van der Waals surface area contributed by atoms with Gasteiger partial charge in [-0.1, -0.05) is 29.8 Å². The second kappa shape index (κ2) is 8.90. The number of amides is 2. The number of carbonyl (C=O) groups is 2. The van der Waals surface area contributed by atoms with Crippen LogP contribution in [0.15, 0.2) is 41.8 Å². The standard InChI is InChI=1S/C19H19N3O3S2/c1-12-4-5-15-13(8-12)9-16(27-15)19(25)21-7-3-2-6-20-18(24)14-11-26-17(10-23)22-14/h2-5,8-9,11,23H,6-7,10H2,1H3,(H,20,24)(H,21,25)/b3-2-. The van der Waals surface area contributed by atoms with Gasteiger partial charge in [0.1, 0.15) is 10.7 Å². The Morgan fingerprint density at radius 3 is 2.59 bits per heavy atom. The van der Waals surface area contributed by atoms with Crippen LogP contribution in [-0.2, 0) is 6.61 Å². The minimum Gasteiger partial charge on any atom is -0.389 e. The number of hydrogen-bond donors (Lipinski definition) is 3. The van der Waals surface area contributed by atoms with Crippen molar-refractivity contribution in [3.63, 3.8) is 0 Å². The molecule has 2 heterocycles. The number of rotatable bonds is 7. The second-order valence-electron chi connectivity index (χ2n) is 5.83. The number of fused-ring (bicyclic) bond motifs is 1. The Hall–Kier alpha value is -2.55. The van der Waals surface area contributed by atoms with Crippen LogP contribution < -0.4 is 10.6 Å². The predicted molar refractivity (Wildman–Crippen MR) is 108 cm³/mol. The predicted octanol–water partition coefficient (Wildman–Crippen LogP) is 2.87. The summed E-state index contributed by atoms with van der Waals surface area (Å²) in [4.78, 5) is 28.8. The summed E-state index contributed by atoms with van der Waals surface area (Å²) in [7, 11) is 0. The number of nitrogens with one attached hydrogen (secondary N) is 2. The van der Waals surface area contributed by atoms with Crippen molar-refractivity contribution in [2.24, 2.45) is 0 Å². The summed E-state index contributed by atoms with van der Waals surface area (Å²) in [6.07, 6.45) is 3.56. The summed E-state index contributed by atoms with van der Waals surface area (Å²) in [5, 5.41) is 17.7. The van der Waals surface area contributed by atoms with Crippen molar-refractivity contribution in [2.75, 3.05) is 13.1 Å². The van der Waals surface area contributed by atoms with Crippen LogP contribution in [0.25, 0.3) is 10.1 Å². The van der Waals surface area contributed by atoms with Crippen LogP contribution in [0, 0.1) is 6.92 Å². The Morgan fingerprint density at radius 1 is 1.15 bits per heavy atom. The molecule has 2 aromatic heterocycles. The molecule has 0 fully saturated rings. The maximum absolute atomic E-state index is 12.2. The lowest BCUT2D eigenvalue weighted by molar-refractivity contribution is 0.0947. The molecule has 0 spiro atoms. The van der Waals surface area contributed by atoms with Crippen LogP contribution in [0.2, 0.25) is 0 Å². The average molecular weight is 402 g/mol. The fourth-order valence-corrected chi connectivity index (χ4v) is 4.00. The smallest absolute Gasteiger partial charge is 0.271 e. The van der Waals surface area contributed by atoms with Gasteiger partial charge in [-0.3, -0.25) is 9.59 Å². The monoisotopic (exact) mass is 401 g/mol. The summed E-state index contributed by atoms with van der Waals surface area (Å²) >= 11 is 2.71. The Kier molecular flexibility index (Phi) is 6.33. The van der Waals surface area contributed by atoms with E-state index in [4.69, 9.17) is 5.11 Å². The van der Waals surface area contributed by atoms with Gasteiger partial charge in [0.15, 0.2) is 0 Å². The largest absolute Gasteiger partial charge is 0.389 e. The van der Waals surface area contributed by atoms with Gasteiger partial charge in [-0.25, -0.2) is 4.98 Å². The van der Waals surface area contributed by atoms with Gasteiger partial charge >= 0.3 is 0 Å². The Bertz CT molecular complexity index is 991. The van der Waals surface area contributed by atoms with Gasteiger partial charge < -0.3 is 15.7 Å². The number of aliphatic hydroxyl groups excluding tert-OH is 1. The van der Waals surface area contributed by atoms with Crippen molar-refractivity contribution in [1.29, 1.82) is 0 Å². The summed E-state index contributed by atoms with van der Waals surface area (Å²) in [6, 6.07) is 8.03. The van der Waals surface area contributed by atoms with Crippen molar-refractivity contribution >= 4 is 44.6 Å². The number of thiazole rings is 1. The molecule has 1 aromatic carbocycles. The lowest BCUT2D eigenvalue weighted by Crippen LogP contribution is -2.25. The molecule has 140 valence electrons. The van der Waals surface area contributed by atoms with Gasteiger partial charge in [0.2, 0.25) is 0 Å². The maximum Gasteiger partial charge on any atom is 0.271 e. The van der Waals surface area contributed by atoms with Crippen LogP contribution >= 0.6 is 22.7 Å². The molecule has 0 saturated carbocycles. The highest BCUT2D eigenvalue weighted by molar-refractivity contribution is 7.20. The molecule has 0 saturated heterocycles. The molecule has 0 aliphatic heterocycles. The lowest BCUT2D eigenvalue weighted by Gasteiger charge is -2.00. The molecule has 0 aliphatic rings. The third-order valence-electron chi connectivity index (χ3n) is 3.74. The summed E-state index contributed by atoms with van der Waals surface area (Å²) in [5.41, 5.74) is 1.47. The SMILES string of the molecule is Cc1ccc2sc(C(=O)NC/C=C\CNC(=O)c3csc(CO)n3)cc2c1. The van der Waals surface area contributed by atoms with Gasteiger partial charge in [-0.05, 0) is 24.4 Å². The highest BCUT2D eigenvalue weighted by Crippen LogP contribution is 2.26. The van der Waals surface area contributed by atoms with E-state index in [1.165, 1.54) is 28.2 Å². The van der Waals surface area contributed by atoms with E-state index in [-0.39, 0.29) is 18.4 Å². The number of aromatic nitrogens is 1. The lowest BCUT2D eigenvalue weighted by atomic mass is 10.2. The number of carbonyl (C=O) groups excluding carboxylic acids is 2. The molecular formula is C19H19N3O3S2. The number of aliphatic hydroxyl groups is 1. The number of aryl methyl sites for hydroxylation is 1. The number of benzene rings is 1. The molecule has 3 N–H and O–H groups in total. The molecule has 0 unspecified atom stereocenters. The topological polar surface area (TPSA) is 91.3 Å². The molecule has 3 aromatic rings. The van der Waals surface area contributed by atoms with E-state index in [0.717, 1.165) is 10.1 Å². The third kappa shape index (κ3) is 5.00. The zero-order chi connectivity index (χ0) is 19.2. The Morgan fingerprint density at radius 2 is 1.89 bits per heavy atom. The number of nitrogens with zero attached hydrogens (tertiary/aromatic N) is 1. The molecule has 0 radical (unpaired) electrons. The van der Waals surface area contributed by atoms with Crippen LogP contribution in [0.4, 0.5) is 0 Å². The second-order valence-corrected chi connectivity index (χ2v) is 7.85. The fraction of sp³-hybridized carbons (Fsp3) is 0.211. The molecule has 6 nitrogen and oxygen atoms in total. The Labute approximate surface area is 164 Å². The first-order chi connectivity index (χ1) is 13.1. The molecule has 3 rings (SSSR count). The average Bonchev–Trinajstić information content (AvgIpc) is 3.30. The van der Waals surface area contributed by atoms with Crippen molar-refractivity contribution in [3.8, 4) is 0 Å². The van der Waals surface area contributed by atoms with Gasteiger partial charge in [0.05, 0.1) is 11.5 Å². The zero-order valence-corrected chi connectivity index (χ0v) is 16.3. The first kappa shape index (κ1) is 19.2. The van der Waals surface area contributed by atoms with Gasteiger partial charge in [-0.15, -0.1) is 22.7 Å². The fourth-order valence-electron chi connectivity index (χ4n) is 2.41.